The Morgan fingerprint density at radius 1 is 1.20 bits per heavy atom. The van der Waals surface area contributed by atoms with Gasteiger partial charge in [0.15, 0.2) is 0 Å². The van der Waals surface area contributed by atoms with Crippen molar-refractivity contribution in [3.63, 3.8) is 0 Å². The second-order valence-corrected chi connectivity index (χ2v) is 5.89. The third-order valence-corrected chi connectivity index (χ3v) is 3.59. The molecule has 136 valence electrons. The zero-order valence-electron chi connectivity index (χ0n) is 14.3. The van der Waals surface area contributed by atoms with E-state index in [0.29, 0.717) is 6.54 Å². The summed E-state index contributed by atoms with van der Waals surface area (Å²) in [7, 11) is 0. The molecular weight excluding hydrogens is 342 g/mol. The molecule has 0 fully saturated rings. The molecule has 1 aromatic carbocycles. The molecule has 0 bridgehead atoms. The monoisotopic (exact) mass is 365 g/mol. The number of carbonyl (C=O) groups is 2. The second kappa shape index (κ2) is 9.80. The molecule has 25 heavy (non-hydrogen) atoms. The summed E-state index contributed by atoms with van der Waals surface area (Å²) in [6.07, 6.45) is 3.55. The van der Waals surface area contributed by atoms with Crippen molar-refractivity contribution in [2.45, 2.75) is 26.4 Å². The molecule has 0 aliphatic carbocycles. The van der Waals surface area contributed by atoms with Gasteiger partial charge >= 0.3 is 0 Å². The van der Waals surface area contributed by atoms with Crippen LogP contribution in [0.2, 0.25) is 0 Å². The molecule has 0 saturated heterocycles. The normalized spacial score (nSPS) is 11.5. The average molecular weight is 366 g/mol. The minimum Gasteiger partial charge on any atom is -0.350 e. The van der Waals surface area contributed by atoms with Crippen LogP contribution in [-0.4, -0.2) is 34.2 Å². The predicted molar refractivity (Wildman–Crippen MR) is 98.5 cm³/mol. The fraction of sp³-hybridized carbons (Fsp3) is 0.353. The first kappa shape index (κ1) is 20.7. The van der Waals surface area contributed by atoms with Gasteiger partial charge in [-0.3, -0.25) is 9.59 Å². The molecule has 0 saturated carbocycles. The lowest BCUT2D eigenvalue weighted by Crippen LogP contribution is -2.47. The van der Waals surface area contributed by atoms with Gasteiger partial charge in [0, 0.05) is 18.3 Å². The smallest absolute Gasteiger partial charge is 0.239 e. The Morgan fingerprint density at radius 2 is 1.88 bits per heavy atom. The van der Waals surface area contributed by atoms with Gasteiger partial charge in [-0.25, -0.2) is 4.68 Å². The molecule has 0 spiro atoms. The van der Waals surface area contributed by atoms with Crippen molar-refractivity contribution in [2.75, 3.05) is 6.54 Å². The van der Waals surface area contributed by atoms with Crippen LogP contribution in [0.5, 0.6) is 0 Å². The number of nitrogens with two attached hydrogens (primary N) is 1. The number of hydrogen-bond donors (Lipinski definition) is 3. The molecule has 0 aliphatic heterocycles. The van der Waals surface area contributed by atoms with Crippen molar-refractivity contribution < 1.29 is 9.59 Å². The lowest BCUT2D eigenvalue weighted by Gasteiger charge is -2.15. The molecule has 1 aromatic heterocycles. The minimum absolute atomic E-state index is 0. The zero-order chi connectivity index (χ0) is 17.5. The molecule has 0 radical (unpaired) electrons. The van der Waals surface area contributed by atoms with Gasteiger partial charge in [0.25, 0.3) is 0 Å². The fourth-order valence-electron chi connectivity index (χ4n) is 2.02. The van der Waals surface area contributed by atoms with Gasteiger partial charge in [0.2, 0.25) is 11.8 Å². The van der Waals surface area contributed by atoms with E-state index in [2.05, 4.69) is 15.7 Å². The molecular formula is C17H24ClN5O2. The van der Waals surface area contributed by atoms with Gasteiger partial charge in [-0.2, -0.15) is 5.10 Å². The number of rotatable bonds is 7. The molecule has 8 heteroatoms. The number of benzene rings is 1. The number of nitrogens with one attached hydrogen (secondary N) is 2. The number of amides is 2. The van der Waals surface area contributed by atoms with E-state index in [9.17, 15) is 9.59 Å². The van der Waals surface area contributed by atoms with Crippen molar-refractivity contribution in [3.8, 4) is 5.69 Å². The Labute approximate surface area is 153 Å². The molecule has 7 nitrogen and oxygen atoms in total. The first-order valence-electron chi connectivity index (χ1n) is 7.86. The highest BCUT2D eigenvalue weighted by Crippen LogP contribution is 2.07. The van der Waals surface area contributed by atoms with Crippen LogP contribution in [0.3, 0.4) is 0 Å². The molecule has 4 N–H and O–H groups in total. The van der Waals surface area contributed by atoms with Crippen molar-refractivity contribution in [1.29, 1.82) is 0 Å². The third kappa shape index (κ3) is 6.21. The number of halogens is 1. The van der Waals surface area contributed by atoms with Crippen LogP contribution < -0.4 is 16.4 Å². The summed E-state index contributed by atoms with van der Waals surface area (Å²) in [4.78, 5) is 23.5. The second-order valence-electron chi connectivity index (χ2n) is 5.89. The molecule has 0 aliphatic rings. The van der Waals surface area contributed by atoms with Crippen LogP contribution in [0.4, 0.5) is 0 Å². The Morgan fingerprint density at radius 3 is 2.52 bits per heavy atom. The summed E-state index contributed by atoms with van der Waals surface area (Å²) in [6.45, 7) is 3.97. The maximum absolute atomic E-state index is 11.8. The largest absolute Gasteiger partial charge is 0.350 e. The SMILES string of the molecule is CC(C)[C@H](N)C(=O)NCC(=O)NCc1cnn(-c2ccccc2)c1.Cl. The van der Waals surface area contributed by atoms with E-state index in [1.54, 1.807) is 10.9 Å². The van der Waals surface area contributed by atoms with E-state index < -0.39 is 6.04 Å². The van der Waals surface area contributed by atoms with Gasteiger partial charge in [-0.1, -0.05) is 32.0 Å². The van der Waals surface area contributed by atoms with E-state index >= 15 is 0 Å². The highest BCUT2D eigenvalue weighted by molar-refractivity contribution is 5.87. The highest BCUT2D eigenvalue weighted by Gasteiger charge is 2.17. The van der Waals surface area contributed by atoms with Crippen LogP contribution in [-0.2, 0) is 16.1 Å². The van der Waals surface area contributed by atoms with Crippen LogP contribution >= 0.6 is 12.4 Å². The molecule has 2 amide bonds. The number of nitrogens with zero attached hydrogens (tertiary/aromatic N) is 2. The first-order valence-corrected chi connectivity index (χ1v) is 7.86. The maximum Gasteiger partial charge on any atom is 0.239 e. The van der Waals surface area contributed by atoms with Crippen molar-refractivity contribution in [1.82, 2.24) is 20.4 Å². The molecule has 1 atom stereocenters. The highest BCUT2D eigenvalue weighted by atomic mass is 35.5. The first-order chi connectivity index (χ1) is 11.5. The Bertz CT molecular complexity index is 687. The van der Waals surface area contributed by atoms with Crippen LogP contribution in [0, 0.1) is 5.92 Å². The van der Waals surface area contributed by atoms with E-state index in [1.165, 1.54) is 0 Å². The van der Waals surface area contributed by atoms with Gasteiger partial charge in [0.1, 0.15) is 0 Å². The molecule has 2 aromatic rings. The van der Waals surface area contributed by atoms with E-state index in [-0.39, 0.29) is 36.7 Å². The standard InChI is InChI=1S/C17H23N5O2.ClH/c1-12(2)16(18)17(24)20-10-15(23)19-8-13-9-21-22(11-13)14-6-4-3-5-7-14;/h3-7,9,11-12,16H,8,10,18H2,1-2H3,(H,19,23)(H,20,24);1H/t16-;/m0./s1. The third-order valence-electron chi connectivity index (χ3n) is 3.59. The number of aromatic nitrogens is 2. The van der Waals surface area contributed by atoms with Gasteiger partial charge in [-0.05, 0) is 18.1 Å². The summed E-state index contributed by atoms with van der Waals surface area (Å²) in [5, 5.41) is 9.53. The zero-order valence-corrected chi connectivity index (χ0v) is 15.1. The maximum atomic E-state index is 11.8. The van der Waals surface area contributed by atoms with E-state index in [4.69, 9.17) is 5.73 Å². The van der Waals surface area contributed by atoms with Gasteiger partial charge < -0.3 is 16.4 Å². The van der Waals surface area contributed by atoms with Gasteiger partial charge in [0.05, 0.1) is 24.5 Å². The summed E-state index contributed by atoms with van der Waals surface area (Å²) >= 11 is 0. The van der Waals surface area contributed by atoms with Crippen LogP contribution in [0.25, 0.3) is 5.69 Å². The summed E-state index contributed by atoms with van der Waals surface area (Å²) in [5.74, 6) is -0.569. The lowest BCUT2D eigenvalue weighted by molar-refractivity contribution is -0.127. The summed E-state index contributed by atoms with van der Waals surface area (Å²) in [5.41, 5.74) is 7.54. The minimum atomic E-state index is -0.609. The summed E-state index contributed by atoms with van der Waals surface area (Å²) in [6, 6.07) is 9.09. The van der Waals surface area contributed by atoms with Crippen LogP contribution in [0.1, 0.15) is 19.4 Å². The average Bonchev–Trinajstić information content (AvgIpc) is 3.06. The molecule has 1 heterocycles. The molecule has 2 rings (SSSR count). The lowest BCUT2D eigenvalue weighted by atomic mass is 10.1. The van der Waals surface area contributed by atoms with Crippen molar-refractivity contribution in [2.24, 2.45) is 11.7 Å². The van der Waals surface area contributed by atoms with Crippen molar-refractivity contribution >= 4 is 24.2 Å². The van der Waals surface area contributed by atoms with E-state index in [1.807, 2.05) is 50.4 Å². The fourth-order valence-corrected chi connectivity index (χ4v) is 2.02. The Balaban J connectivity index is 0.00000312. The molecule has 0 unspecified atom stereocenters. The van der Waals surface area contributed by atoms with Gasteiger partial charge in [-0.15, -0.1) is 12.4 Å². The predicted octanol–water partition coefficient (Wildman–Crippen LogP) is 1.01. The quantitative estimate of drug-likeness (QED) is 0.681. The van der Waals surface area contributed by atoms with Crippen molar-refractivity contribution in [3.05, 3.63) is 48.3 Å². The summed E-state index contributed by atoms with van der Waals surface area (Å²) < 4.78 is 1.74. The number of hydrogen-bond acceptors (Lipinski definition) is 4. The topological polar surface area (TPSA) is 102 Å². The number of carbonyl (C=O) groups excluding carboxylic acids is 2. The Kier molecular flexibility index (Phi) is 8.10. The van der Waals surface area contributed by atoms with E-state index in [0.717, 1.165) is 11.3 Å². The number of para-hydroxylation sites is 1. The van der Waals surface area contributed by atoms with Crippen LogP contribution in [0.15, 0.2) is 42.7 Å². The Hall–Kier alpha value is -2.38.